The molecule has 0 aliphatic carbocycles. The monoisotopic (exact) mass is 251 g/mol. The van der Waals surface area contributed by atoms with E-state index in [0.29, 0.717) is 13.1 Å². The molecule has 1 atom stereocenters. The highest BCUT2D eigenvalue weighted by atomic mass is 16.4. The molecule has 0 aromatic heterocycles. The summed E-state index contributed by atoms with van der Waals surface area (Å²) < 4.78 is 0. The first kappa shape index (κ1) is 14.7. The van der Waals surface area contributed by atoms with Gasteiger partial charge in [-0.1, -0.05) is 25.5 Å². The molecule has 1 unspecified atom stereocenters. The van der Waals surface area contributed by atoms with E-state index >= 15 is 0 Å². The van der Waals surface area contributed by atoms with Gasteiger partial charge in [0.1, 0.15) is 0 Å². The average Bonchev–Trinajstić information content (AvgIpc) is 2.29. The molecular formula is C14H21NO3. The van der Waals surface area contributed by atoms with Gasteiger partial charge in [-0.25, -0.2) is 4.79 Å². The molecule has 0 saturated heterocycles. The maximum atomic E-state index is 10.8. The normalized spacial score (nSPS) is 14.2. The molecule has 0 fully saturated rings. The lowest BCUT2D eigenvalue weighted by Crippen LogP contribution is -2.37. The van der Waals surface area contributed by atoms with Crippen LogP contribution in [-0.4, -0.2) is 28.3 Å². The first-order valence-corrected chi connectivity index (χ1v) is 6.20. The summed E-state index contributed by atoms with van der Waals surface area (Å²) >= 11 is 0. The Morgan fingerprint density at radius 3 is 2.78 bits per heavy atom. The minimum absolute atomic E-state index is 0.287. The van der Waals surface area contributed by atoms with Crippen LogP contribution in [0.3, 0.4) is 0 Å². The van der Waals surface area contributed by atoms with E-state index in [1.54, 1.807) is 25.1 Å². The van der Waals surface area contributed by atoms with Gasteiger partial charge in [0.05, 0.1) is 11.2 Å². The van der Waals surface area contributed by atoms with E-state index in [4.69, 9.17) is 5.11 Å². The predicted octanol–water partition coefficient (Wildman–Crippen LogP) is 2.03. The molecule has 0 amide bonds. The van der Waals surface area contributed by atoms with Crippen LogP contribution in [0.5, 0.6) is 0 Å². The van der Waals surface area contributed by atoms with Crippen LogP contribution in [-0.2, 0) is 6.54 Å². The van der Waals surface area contributed by atoms with Crippen LogP contribution < -0.4 is 5.32 Å². The fourth-order valence-electron chi connectivity index (χ4n) is 1.92. The van der Waals surface area contributed by atoms with E-state index < -0.39 is 11.6 Å². The lowest BCUT2D eigenvalue weighted by molar-refractivity contribution is 0.0497. The quantitative estimate of drug-likeness (QED) is 0.693. The predicted molar refractivity (Wildman–Crippen MR) is 70.6 cm³/mol. The Labute approximate surface area is 108 Å². The molecule has 0 aliphatic rings. The number of aromatic carboxylic acids is 1. The second-order valence-electron chi connectivity index (χ2n) is 4.86. The van der Waals surface area contributed by atoms with Gasteiger partial charge in [0.15, 0.2) is 0 Å². The third-order valence-electron chi connectivity index (χ3n) is 2.80. The van der Waals surface area contributed by atoms with Crippen LogP contribution in [0.15, 0.2) is 24.3 Å². The number of nitrogens with one attached hydrogen (secondary N) is 1. The van der Waals surface area contributed by atoms with Crippen LogP contribution in [0.25, 0.3) is 0 Å². The number of carboxylic acids is 1. The zero-order chi connectivity index (χ0) is 13.6. The van der Waals surface area contributed by atoms with E-state index in [1.807, 2.05) is 13.0 Å². The molecule has 1 aromatic rings. The van der Waals surface area contributed by atoms with Gasteiger partial charge >= 0.3 is 5.97 Å². The van der Waals surface area contributed by atoms with Crippen LogP contribution in [0.4, 0.5) is 0 Å². The molecule has 4 heteroatoms. The highest BCUT2D eigenvalue weighted by molar-refractivity contribution is 5.87. The molecule has 18 heavy (non-hydrogen) atoms. The fraction of sp³-hybridized carbons (Fsp3) is 0.500. The number of hydrogen-bond acceptors (Lipinski definition) is 3. The molecule has 100 valence electrons. The Morgan fingerprint density at radius 1 is 1.44 bits per heavy atom. The van der Waals surface area contributed by atoms with Crippen LogP contribution >= 0.6 is 0 Å². The number of aliphatic hydroxyl groups is 1. The highest BCUT2D eigenvalue weighted by Crippen LogP contribution is 2.11. The fourth-order valence-corrected chi connectivity index (χ4v) is 1.92. The van der Waals surface area contributed by atoms with Gasteiger partial charge in [-0.2, -0.15) is 0 Å². The topological polar surface area (TPSA) is 69.6 Å². The van der Waals surface area contributed by atoms with E-state index in [0.717, 1.165) is 18.4 Å². The van der Waals surface area contributed by atoms with Gasteiger partial charge < -0.3 is 15.5 Å². The van der Waals surface area contributed by atoms with E-state index in [2.05, 4.69) is 5.32 Å². The van der Waals surface area contributed by atoms with Crippen LogP contribution in [0.2, 0.25) is 0 Å². The second kappa shape index (κ2) is 6.52. The zero-order valence-electron chi connectivity index (χ0n) is 10.9. The van der Waals surface area contributed by atoms with Crippen molar-refractivity contribution in [1.29, 1.82) is 0 Å². The molecule has 0 saturated carbocycles. The van der Waals surface area contributed by atoms with E-state index in [9.17, 15) is 9.90 Å². The van der Waals surface area contributed by atoms with Crippen molar-refractivity contribution in [3.8, 4) is 0 Å². The maximum absolute atomic E-state index is 10.8. The summed E-state index contributed by atoms with van der Waals surface area (Å²) in [6, 6.07) is 6.81. The summed E-state index contributed by atoms with van der Waals surface area (Å²) in [6.07, 6.45) is 1.68. The van der Waals surface area contributed by atoms with Crippen molar-refractivity contribution < 1.29 is 15.0 Å². The lowest BCUT2D eigenvalue weighted by Gasteiger charge is -2.23. The van der Waals surface area contributed by atoms with Crippen molar-refractivity contribution in [3.05, 3.63) is 35.4 Å². The highest BCUT2D eigenvalue weighted by Gasteiger charge is 2.17. The molecule has 3 N–H and O–H groups in total. The van der Waals surface area contributed by atoms with Crippen LogP contribution in [0, 0.1) is 0 Å². The molecule has 1 aromatic carbocycles. The molecule has 0 heterocycles. The van der Waals surface area contributed by atoms with E-state index in [-0.39, 0.29) is 5.56 Å². The molecule has 0 radical (unpaired) electrons. The number of hydrogen-bond donors (Lipinski definition) is 3. The zero-order valence-corrected chi connectivity index (χ0v) is 10.9. The third-order valence-corrected chi connectivity index (χ3v) is 2.80. The average molecular weight is 251 g/mol. The summed E-state index contributed by atoms with van der Waals surface area (Å²) in [4.78, 5) is 10.8. The smallest absolute Gasteiger partial charge is 0.335 e. The number of benzene rings is 1. The maximum Gasteiger partial charge on any atom is 0.335 e. The first-order valence-electron chi connectivity index (χ1n) is 6.20. The summed E-state index contributed by atoms with van der Waals surface area (Å²) in [5.41, 5.74) is 0.482. The van der Waals surface area contributed by atoms with Gasteiger partial charge in [-0.05, 0) is 31.0 Å². The van der Waals surface area contributed by atoms with Crippen molar-refractivity contribution in [2.24, 2.45) is 0 Å². The Balaban J connectivity index is 2.49. The molecule has 0 spiro atoms. The third kappa shape index (κ3) is 4.85. The summed E-state index contributed by atoms with van der Waals surface area (Å²) in [5, 5.41) is 22.0. The number of rotatable bonds is 7. The molecule has 1 rings (SSSR count). The summed E-state index contributed by atoms with van der Waals surface area (Å²) in [5.74, 6) is -0.921. The minimum atomic E-state index is -0.921. The Morgan fingerprint density at radius 2 is 2.17 bits per heavy atom. The molecule has 0 aliphatic heterocycles. The second-order valence-corrected chi connectivity index (χ2v) is 4.86. The number of carboxylic acid groups (broad SMARTS) is 1. The minimum Gasteiger partial charge on any atom is -0.478 e. The van der Waals surface area contributed by atoms with Gasteiger partial charge in [-0.3, -0.25) is 0 Å². The summed E-state index contributed by atoms with van der Waals surface area (Å²) in [7, 11) is 0. The SMILES string of the molecule is CCCC(C)(O)CNCc1cccc(C(=O)O)c1. The van der Waals surface area contributed by atoms with Crippen molar-refractivity contribution >= 4 is 5.97 Å². The van der Waals surface area contributed by atoms with Gasteiger partial charge in [0.25, 0.3) is 0 Å². The largest absolute Gasteiger partial charge is 0.478 e. The molecule has 0 bridgehead atoms. The Kier molecular flexibility index (Phi) is 5.31. The standard InChI is InChI=1S/C14H21NO3/c1-3-7-14(2,18)10-15-9-11-5-4-6-12(8-11)13(16)17/h4-6,8,15,18H,3,7,9-10H2,1-2H3,(H,16,17). The first-order chi connectivity index (χ1) is 8.44. The molecular weight excluding hydrogens is 230 g/mol. The molecule has 4 nitrogen and oxygen atoms in total. The number of carbonyl (C=O) groups is 1. The Bertz CT molecular complexity index is 402. The van der Waals surface area contributed by atoms with E-state index in [1.165, 1.54) is 0 Å². The van der Waals surface area contributed by atoms with Gasteiger partial charge in [0, 0.05) is 13.1 Å². The van der Waals surface area contributed by atoms with Gasteiger partial charge in [-0.15, -0.1) is 0 Å². The van der Waals surface area contributed by atoms with Crippen molar-refractivity contribution in [1.82, 2.24) is 5.32 Å². The lowest BCUT2D eigenvalue weighted by atomic mass is 10.0. The van der Waals surface area contributed by atoms with Crippen molar-refractivity contribution in [2.45, 2.75) is 38.8 Å². The van der Waals surface area contributed by atoms with Crippen molar-refractivity contribution in [2.75, 3.05) is 6.54 Å². The van der Waals surface area contributed by atoms with Gasteiger partial charge in [0.2, 0.25) is 0 Å². The Hall–Kier alpha value is -1.39. The van der Waals surface area contributed by atoms with Crippen molar-refractivity contribution in [3.63, 3.8) is 0 Å². The summed E-state index contributed by atoms with van der Waals surface area (Å²) in [6.45, 7) is 4.89. The van der Waals surface area contributed by atoms with Crippen LogP contribution in [0.1, 0.15) is 42.6 Å².